The summed E-state index contributed by atoms with van der Waals surface area (Å²) in [5.74, 6) is -0.850. The fraction of sp³-hybridized carbons (Fsp3) is 0.100. The molecule has 0 fully saturated rings. The van der Waals surface area contributed by atoms with Gasteiger partial charge in [0.05, 0.1) is 5.69 Å². The molecule has 0 saturated heterocycles. The van der Waals surface area contributed by atoms with Crippen LogP contribution in [0.4, 0.5) is 5.69 Å². The minimum absolute atomic E-state index is 0.351. The van der Waals surface area contributed by atoms with E-state index in [4.69, 9.17) is 11.0 Å². The summed E-state index contributed by atoms with van der Waals surface area (Å²) in [6, 6.07) is 8.94. The van der Waals surface area contributed by atoms with Crippen LogP contribution >= 0.6 is 0 Å². The number of benzene rings is 1. The highest BCUT2D eigenvalue weighted by atomic mass is 16.1. The number of nitrogens with zero attached hydrogens (tertiary/aromatic N) is 2. The van der Waals surface area contributed by atoms with Gasteiger partial charge in [0.2, 0.25) is 5.71 Å². The van der Waals surface area contributed by atoms with Crippen LogP contribution in [0.25, 0.3) is 0 Å². The van der Waals surface area contributed by atoms with E-state index in [0.717, 1.165) is 5.56 Å². The summed E-state index contributed by atoms with van der Waals surface area (Å²) in [6.07, 6.45) is 0. The number of nitrogens with one attached hydrogen (secondary N) is 1. The summed E-state index contributed by atoms with van der Waals surface area (Å²) in [6.45, 7) is 1.96. The Morgan fingerprint density at radius 3 is 2.53 bits per heavy atom. The van der Waals surface area contributed by atoms with Gasteiger partial charge in [0, 0.05) is 0 Å². The van der Waals surface area contributed by atoms with Gasteiger partial charge in [-0.25, -0.2) is 0 Å². The highest BCUT2D eigenvalue weighted by molar-refractivity contribution is 6.44. The number of hydrazone groups is 1. The topological polar surface area (TPSA) is 91.3 Å². The van der Waals surface area contributed by atoms with Crippen LogP contribution in [-0.4, -0.2) is 11.6 Å². The number of nitrogens with two attached hydrogens (primary N) is 1. The summed E-state index contributed by atoms with van der Waals surface area (Å²) in [4.78, 5) is 10.6. The van der Waals surface area contributed by atoms with Gasteiger partial charge in [-0.1, -0.05) is 17.7 Å². The van der Waals surface area contributed by atoms with Crippen LogP contribution in [0.5, 0.6) is 0 Å². The molecule has 0 bridgehead atoms. The number of rotatable bonds is 3. The van der Waals surface area contributed by atoms with Gasteiger partial charge in [0.15, 0.2) is 0 Å². The first-order valence-electron chi connectivity index (χ1n) is 4.23. The van der Waals surface area contributed by atoms with Crippen molar-refractivity contribution in [2.75, 3.05) is 5.43 Å². The summed E-state index contributed by atoms with van der Waals surface area (Å²) >= 11 is 0. The van der Waals surface area contributed by atoms with Crippen molar-refractivity contribution in [2.24, 2.45) is 10.8 Å². The van der Waals surface area contributed by atoms with E-state index >= 15 is 0 Å². The molecule has 76 valence electrons. The van der Waals surface area contributed by atoms with Crippen LogP contribution in [0.3, 0.4) is 0 Å². The van der Waals surface area contributed by atoms with E-state index in [1.54, 1.807) is 18.2 Å². The van der Waals surface area contributed by atoms with Crippen LogP contribution in [-0.2, 0) is 4.79 Å². The second-order valence-electron chi connectivity index (χ2n) is 2.91. The first-order chi connectivity index (χ1) is 7.13. The molecule has 15 heavy (non-hydrogen) atoms. The van der Waals surface area contributed by atoms with Crippen molar-refractivity contribution in [3.8, 4) is 6.07 Å². The van der Waals surface area contributed by atoms with E-state index in [2.05, 4.69) is 10.5 Å². The van der Waals surface area contributed by atoms with Crippen LogP contribution in [0.2, 0.25) is 0 Å². The van der Waals surface area contributed by atoms with Gasteiger partial charge < -0.3 is 5.73 Å². The Bertz CT molecular complexity index is 428. The van der Waals surface area contributed by atoms with E-state index in [0.29, 0.717) is 5.69 Å². The van der Waals surface area contributed by atoms with Gasteiger partial charge in [-0.2, -0.15) is 10.4 Å². The van der Waals surface area contributed by atoms with Crippen LogP contribution < -0.4 is 11.2 Å². The predicted octanol–water partition coefficient (Wildman–Crippen LogP) is 0.772. The minimum Gasteiger partial charge on any atom is -0.364 e. The molecule has 0 atom stereocenters. The lowest BCUT2D eigenvalue weighted by molar-refractivity contribution is -0.111. The van der Waals surface area contributed by atoms with Crippen LogP contribution in [0, 0.1) is 18.3 Å². The molecule has 0 aromatic heterocycles. The number of amides is 1. The van der Waals surface area contributed by atoms with Crippen LogP contribution in [0.15, 0.2) is 29.4 Å². The molecule has 1 aromatic rings. The van der Waals surface area contributed by atoms with Gasteiger partial charge in [-0.15, -0.1) is 0 Å². The molecule has 0 saturated carbocycles. The lowest BCUT2D eigenvalue weighted by Crippen LogP contribution is -2.22. The molecule has 3 N–H and O–H groups in total. The van der Waals surface area contributed by atoms with E-state index in [-0.39, 0.29) is 5.71 Å². The molecular weight excluding hydrogens is 192 g/mol. The normalized spacial score (nSPS) is 10.5. The maximum atomic E-state index is 10.6. The van der Waals surface area contributed by atoms with Crippen molar-refractivity contribution in [3.05, 3.63) is 29.8 Å². The Morgan fingerprint density at radius 1 is 1.47 bits per heavy atom. The summed E-state index contributed by atoms with van der Waals surface area (Å²) in [5.41, 5.74) is 8.92. The molecule has 0 aliphatic carbocycles. The zero-order valence-corrected chi connectivity index (χ0v) is 8.19. The van der Waals surface area contributed by atoms with Gasteiger partial charge in [0.1, 0.15) is 6.07 Å². The van der Waals surface area contributed by atoms with E-state index < -0.39 is 5.91 Å². The second kappa shape index (κ2) is 4.77. The maximum Gasteiger partial charge on any atom is 0.280 e. The third-order valence-corrected chi connectivity index (χ3v) is 1.69. The quantitative estimate of drug-likeness (QED) is 0.560. The predicted molar refractivity (Wildman–Crippen MR) is 57.0 cm³/mol. The van der Waals surface area contributed by atoms with Crippen molar-refractivity contribution in [1.29, 1.82) is 5.26 Å². The van der Waals surface area contributed by atoms with Gasteiger partial charge in [-0.05, 0) is 19.1 Å². The number of hydrogen-bond donors (Lipinski definition) is 2. The Kier molecular flexibility index (Phi) is 3.41. The minimum atomic E-state index is -0.850. The Balaban J connectivity index is 2.76. The molecule has 0 unspecified atom stereocenters. The number of aryl methyl sites for hydroxylation is 1. The molecule has 5 nitrogen and oxygen atoms in total. The zero-order chi connectivity index (χ0) is 11.3. The van der Waals surface area contributed by atoms with E-state index in [9.17, 15) is 4.79 Å². The molecule has 0 aliphatic rings. The number of primary amides is 1. The molecule has 0 radical (unpaired) electrons. The van der Waals surface area contributed by atoms with Crippen molar-refractivity contribution in [3.63, 3.8) is 0 Å². The molecule has 1 rings (SSSR count). The zero-order valence-electron chi connectivity index (χ0n) is 8.19. The monoisotopic (exact) mass is 202 g/mol. The van der Waals surface area contributed by atoms with Gasteiger partial charge in [-0.3, -0.25) is 10.2 Å². The molecule has 0 spiro atoms. The summed E-state index contributed by atoms with van der Waals surface area (Å²) in [7, 11) is 0. The lowest BCUT2D eigenvalue weighted by Gasteiger charge is -2.00. The molecular formula is C10H10N4O. The molecule has 5 heteroatoms. The van der Waals surface area contributed by atoms with Crippen molar-refractivity contribution >= 4 is 17.3 Å². The average molecular weight is 202 g/mol. The Hall–Kier alpha value is -2.35. The third kappa shape index (κ3) is 3.12. The fourth-order valence-corrected chi connectivity index (χ4v) is 0.884. The SMILES string of the molecule is Cc1ccc(NN=C(C#N)C(N)=O)cc1. The standard InChI is InChI=1S/C10H10N4O/c1-7-2-4-8(5-3-7)13-14-9(6-11)10(12)15/h2-5,13H,1H3,(H2,12,15). The first-order valence-corrected chi connectivity index (χ1v) is 4.23. The van der Waals surface area contributed by atoms with Crippen molar-refractivity contribution < 1.29 is 4.79 Å². The molecule has 1 aromatic carbocycles. The highest BCUT2D eigenvalue weighted by Gasteiger charge is 2.04. The van der Waals surface area contributed by atoms with Gasteiger partial charge in [0.25, 0.3) is 5.91 Å². The lowest BCUT2D eigenvalue weighted by atomic mass is 10.2. The number of carbonyl (C=O) groups excluding carboxylic acids is 1. The number of carbonyl (C=O) groups is 1. The smallest absolute Gasteiger partial charge is 0.280 e. The molecule has 0 aliphatic heterocycles. The number of hydrogen-bond acceptors (Lipinski definition) is 4. The van der Waals surface area contributed by atoms with Crippen molar-refractivity contribution in [1.82, 2.24) is 0 Å². The number of anilines is 1. The van der Waals surface area contributed by atoms with E-state index in [1.165, 1.54) is 0 Å². The van der Waals surface area contributed by atoms with E-state index in [1.807, 2.05) is 19.1 Å². The van der Waals surface area contributed by atoms with Crippen LogP contribution in [0.1, 0.15) is 5.56 Å². The molecule has 1 amide bonds. The first kappa shape index (κ1) is 10.7. The maximum absolute atomic E-state index is 10.6. The Labute approximate surface area is 87.2 Å². The van der Waals surface area contributed by atoms with Crippen molar-refractivity contribution in [2.45, 2.75) is 6.92 Å². The Morgan fingerprint density at radius 2 is 2.07 bits per heavy atom. The largest absolute Gasteiger partial charge is 0.364 e. The summed E-state index contributed by atoms with van der Waals surface area (Å²) < 4.78 is 0. The van der Waals surface area contributed by atoms with Gasteiger partial charge >= 0.3 is 0 Å². The fourth-order valence-electron chi connectivity index (χ4n) is 0.884. The third-order valence-electron chi connectivity index (χ3n) is 1.69. The molecule has 0 heterocycles. The average Bonchev–Trinajstić information content (AvgIpc) is 2.21. The highest BCUT2D eigenvalue weighted by Crippen LogP contribution is 2.08. The second-order valence-corrected chi connectivity index (χ2v) is 2.91. The summed E-state index contributed by atoms with van der Waals surface area (Å²) in [5, 5.41) is 12.1. The number of nitriles is 1.